The van der Waals surface area contributed by atoms with Crippen molar-refractivity contribution in [2.75, 3.05) is 24.7 Å². The van der Waals surface area contributed by atoms with E-state index in [1.54, 1.807) is 6.20 Å². The SMILES string of the molecule is CN(C)c1cccc(-c2ncc(-c3ccc(Oc4ccccc4)cc3)c(C(N)=[NH2+])c2N)c1. The summed E-state index contributed by atoms with van der Waals surface area (Å²) in [5.41, 5.74) is 17.9. The van der Waals surface area contributed by atoms with Gasteiger partial charge in [0, 0.05) is 37.1 Å². The van der Waals surface area contributed by atoms with Crippen LogP contribution in [0.3, 0.4) is 0 Å². The Morgan fingerprint density at radius 1 is 0.875 bits per heavy atom. The molecular formula is C26H26N5O+. The molecule has 6 N–H and O–H groups in total. The second kappa shape index (κ2) is 8.81. The van der Waals surface area contributed by atoms with Crippen molar-refractivity contribution in [3.05, 3.63) is 90.6 Å². The third kappa shape index (κ3) is 4.25. The molecule has 0 bridgehead atoms. The van der Waals surface area contributed by atoms with Gasteiger partial charge in [0.15, 0.2) is 0 Å². The van der Waals surface area contributed by atoms with Crippen LogP contribution in [0.2, 0.25) is 0 Å². The van der Waals surface area contributed by atoms with Crippen molar-refractivity contribution in [3.8, 4) is 33.9 Å². The van der Waals surface area contributed by atoms with Crippen molar-refractivity contribution in [1.29, 1.82) is 0 Å². The molecule has 0 aliphatic heterocycles. The number of anilines is 2. The maximum atomic E-state index is 6.53. The highest BCUT2D eigenvalue weighted by atomic mass is 16.5. The predicted molar refractivity (Wildman–Crippen MR) is 131 cm³/mol. The molecule has 160 valence electrons. The third-order valence-corrected chi connectivity index (χ3v) is 5.19. The largest absolute Gasteiger partial charge is 0.457 e. The Bertz CT molecular complexity index is 1250. The summed E-state index contributed by atoms with van der Waals surface area (Å²) in [6.45, 7) is 0. The summed E-state index contributed by atoms with van der Waals surface area (Å²) in [5, 5.41) is 6.06. The van der Waals surface area contributed by atoms with Crippen LogP contribution in [0.1, 0.15) is 5.56 Å². The first kappa shape index (κ1) is 20.9. The van der Waals surface area contributed by atoms with E-state index >= 15 is 0 Å². The van der Waals surface area contributed by atoms with E-state index in [-0.39, 0.29) is 5.84 Å². The molecule has 0 aliphatic rings. The Hall–Kier alpha value is -4.32. The zero-order valence-electron chi connectivity index (χ0n) is 18.1. The van der Waals surface area contributed by atoms with Gasteiger partial charge in [0.1, 0.15) is 11.5 Å². The van der Waals surface area contributed by atoms with Crippen molar-refractivity contribution >= 4 is 17.2 Å². The number of nitrogens with two attached hydrogens (primary N) is 3. The van der Waals surface area contributed by atoms with E-state index < -0.39 is 0 Å². The second-order valence-corrected chi connectivity index (χ2v) is 7.65. The highest BCUT2D eigenvalue weighted by molar-refractivity contribution is 6.06. The Labute approximate surface area is 187 Å². The van der Waals surface area contributed by atoms with Gasteiger partial charge in [-0.2, -0.15) is 0 Å². The summed E-state index contributed by atoms with van der Waals surface area (Å²) in [6.07, 6.45) is 1.76. The summed E-state index contributed by atoms with van der Waals surface area (Å²) in [7, 11) is 3.97. The van der Waals surface area contributed by atoms with Crippen LogP contribution < -0.4 is 26.5 Å². The molecule has 6 heteroatoms. The van der Waals surface area contributed by atoms with Crippen molar-refractivity contribution in [2.24, 2.45) is 5.73 Å². The zero-order chi connectivity index (χ0) is 22.7. The summed E-state index contributed by atoms with van der Waals surface area (Å²) in [4.78, 5) is 6.68. The Kier molecular flexibility index (Phi) is 5.77. The number of hydrogen-bond acceptors (Lipinski definition) is 4. The van der Waals surface area contributed by atoms with Gasteiger partial charge in [-0.3, -0.25) is 16.1 Å². The fourth-order valence-electron chi connectivity index (χ4n) is 3.55. The molecule has 0 saturated carbocycles. The van der Waals surface area contributed by atoms with Gasteiger partial charge >= 0.3 is 0 Å². The number of para-hydroxylation sites is 1. The van der Waals surface area contributed by atoms with E-state index in [1.807, 2.05) is 97.9 Å². The van der Waals surface area contributed by atoms with Crippen LogP contribution in [0.15, 0.2) is 85.1 Å². The van der Waals surface area contributed by atoms with Crippen molar-refractivity contribution < 1.29 is 10.1 Å². The molecule has 0 fully saturated rings. The lowest BCUT2D eigenvalue weighted by Crippen LogP contribution is -2.46. The number of ether oxygens (including phenoxy) is 1. The van der Waals surface area contributed by atoms with Gasteiger partial charge < -0.3 is 15.4 Å². The number of nitrogen functional groups attached to an aromatic ring is 1. The van der Waals surface area contributed by atoms with Crippen LogP contribution in [-0.2, 0) is 0 Å². The fraction of sp³-hybridized carbons (Fsp3) is 0.0769. The van der Waals surface area contributed by atoms with E-state index in [2.05, 4.69) is 4.98 Å². The summed E-state index contributed by atoms with van der Waals surface area (Å²) in [5.74, 6) is 1.65. The second-order valence-electron chi connectivity index (χ2n) is 7.65. The Morgan fingerprint density at radius 3 is 2.22 bits per heavy atom. The van der Waals surface area contributed by atoms with Crippen LogP contribution >= 0.6 is 0 Å². The van der Waals surface area contributed by atoms with Gasteiger partial charge in [-0.05, 0) is 42.0 Å². The fourth-order valence-corrected chi connectivity index (χ4v) is 3.55. The highest BCUT2D eigenvalue weighted by Gasteiger charge is 2.20. The molecule has 0 amide bonds. The quantitative estimate of drug-likeness (QED) is 0.325. The predicted octanol–water partition coefficient (Wildman–Crippen LogP) is 3.32. The highest BCUT2D eigenvalue weighted by Crippen LogP contribution is 2.35. The number of hydrogen-bond donors (Lipinski definition) is 3. The molecule has 0 atom stereocenters. The smallest absolute Gasteiger partial charge is 0.273 e. The van der Waals surface area contributed by atoms with Gasteiger partial charge in [-0.1, -0.05) is 42.5 Å². The van der Waals surface area contributed by atoms with E-state index in [9.17, 15) is 0 Å². The van der Waals surface area contributed by atoms with Crippen molar-refractivity contribution in [1.82, 2.24) is 4.98 Å². The third-order valence-electron chi connectivity index (χ3n) is 5.19. The monoisotopic (exact) mass is 424 g/mol. The molecule has 1 aromatic heterocycles. The van der Waals surface area contributed by atoms with Gasteiger partial charge in [0.05, 0.1) is 16.9 Å². The lowest BCUT2D eigenvalue weighted by atomic mass is 9.96. The molecule has 0 saturated heterocycles. The molecule has 0 unspecified atom stereocenters. The molecular weight excluding hydrogens is 398 g/mol. The first-order chi connectivity index (χ1) is 15.4. The summed E-state index contributed by atoms with van der Waals surface area (Å²) in [6, 6.07) is 25.3. The molecule has 32 heavy (non-hydrogen) atoms. The number of rotatable bonds is 6. The maximum absolute atomic E-state index is 6.53. The van der Waals surface area contributed by atoms with E-state index in [0.29, 0.717) is 16.9 Å². The minimum atomic E-state index is 0.148. The average molecular weight is 425 g/mol. The molecule has 1 heterocycles. The average Bonchev–Trinajstić information content (AvgIpc) is 2.80. The minimum Gasteiger partial charge on any atom is -0.457 e. The van der Waals surface area contributed by atoms with E-state index in [0.717, 1.165) is 33.9 Å². The van der Waals surface area contributed by atoms with Crippen LogP contribution in [0, 0.1) is 0 Å². The van der Waals surface area contributed by atoms with E-state index in [1.165, 1.54) is 0 Å². The lowest BCUT2D eigenvalue weighted by Gasteiger charge is -2.16. The normalized spacial score (nSPS) is 10.6. The van der Waals surface area contributed by atoms with Gasteiger partial charge in [-0.15, -0.1) is 0 Å². The molecule has 4 rings (SSSR count). The Balaban J connectivity index is 1.71. The van der Waals surface area contributed by atoms with Crippen molar-refractivity contribution in [3.63, 3.8) is 0 Å². The van der Waals surface area contributed by atoms with Crippen LogP contribution in [-0.4, -0.2) is 24.9 Å². The van der Waals surface area contributed by atoms with E-state index in [4.69, 9.17) is 21.6 Å². The van der Waals surface area contributed by atoms with Gasteiger partial charge in [0.2, 0.25) is 0 Å². The molecule has 6 nitrogen and oxygen atoms in total. The molecule has 0 aliphatic carbocycles. The summed E-state index contributed by atoms with van der Waals surface area (Å²) >= 11 is 0. The van der Waals surface area contributed by atoms with Crippen LogP contribution in [0.5, 0.6) is 11.5 Å². The zero-order valence-corrected chi connectivity index (χ0v) is 18.1. The topological polar surface area (TPSA) is 103 Å². The van der Waals surface area contributed by atoms with Crippen LogP contribution in [0.25, 0.3) is 22.4 Å². The molecule has 4 aromatic rings. The first-order valence-electron chi connectivity index (χ1n) is 10.2. The number of amidine groups is 1. The van der Waals surface area contributed by atoms with Gasteiger partial charge in [0.25, 0.3) is 5.84 Å². The maximum Gasteiger partial charge on any atom is 0.273 e. The number of pyridine rings is 1. The van der Waals surface area contributed by atoms with Crippen LogP contribution in [0.4, 0.5) is 11.4 Å². The Morgan fingerprint density at radius 2 is 1.56 bits per heavy atom. The molecule has 3 aromatic carbocycles. The van der Waals surface area contributed by atoms with Gasteiger partial charge in [-0.25, -0.2) is 0 Å². The number of benzene rings is 3. The van der Waals surface area contributed by atoms with Crippen molar-refractivity contribution in [2.45, 2.75) is 0 Å². The lowest BCUT2D eigenvalue weighted by molar-refractivity contribution is -0.114. The number of nitrogens with zero attached hydrogens (tertiary/aromatic N) is 2. The number of aromatic nitrogens is 1. The summed E-state index contributed by atoms with van der Waals surface area (Å²) < 4.78 is 5.88. The standard InChI is InChI=1S/C26H25N5O/c1-31(2)19-8-6-7-18(15-19)25-24(27)23(26(28)29)22(16-30-25)17-11-13-21(14-12-17)32-20-9-4-3-5-10-20/h3-16H,27H2,1-2H3,(H3,28,29)/p+1. The first-order valence-corrected chi connectivity index (χ1v) is 10.2. The molecule has 0 spiro atoms. The molecule has 0 radical (unpaired) electrons. The minimum absolute atomic E-state index is 0.148.